The highest BCUT2D eigenvalue weighted by Crippen LogP contribution is 2.12. The van der Waals surface area contributed by atoms with Crippen LogP contribution in [-0.2, 0) is 18.1 Å². The zero-order valence-electron chi connectivity index (χ0n) is 13.4. The number of hydrogen-bond donors (Lipinski definition) is 1. The molecule has 2 rings (SSSR count). The number of aliphatic hydroxyl groups is 1. The quantitative estimate of drug-likeness (QED) is 0.807. The summed E-state index contributed by atoms with van der Waals surface area (Å²) in [6, 6.07) is 1.37. The molecule has 0 aliphatic carbocycles. The van der Waals surface area contributed by atoms with Crippen LogP contribution in [0.5, 0.6) is 0 Å². The van der Waals surface area contributed by atoms with Crippen molar-refractivity contribution in [2.45, 2.75) is 45.6 Å². The second-order valence-corrected chi connectivity index (χ2v) is 11.8. The van der Waals surface area contributed by atoms with Crippen LogP contribution in [0.15, 0.2) is 29.5 Å². The third kappa shape index (κ3) is 3.90. The number of rotatable bonds is 6. The molecule has 1 unspecified atom stereocenters. The lowest BCUT2D eigenvalue weighted by atomic mass is 10.4. The predicted octanol–water partition coefficient (Wildman–Crippen LogP) is 1.16. The molecular weight excluding hydrogens is 300 g/mol. The third-order valence-corrected chi connectivity index (χ3v) is 6.20. The Hall–Kier alpha value is -1.77. The van der Waals surface area contributed by atoms with Gasteiger partial charge < -0.3 is 9.84 Å². The van der Waals surface area contributed by atoms with E-state index in [0.717, 1.165) is 0 Å². The number of ether oxygens (including phenoxy) is 1. The largest absolute Gasteiger partial charge is 0.390 e. The Morgan fingerprint density at radius 3 is 2.77 bits per heavy atom. The number of aromatic nitrogens is 4. The van der Waals surface area contributed by atoms with Crippen molar-refractivity contribution in [3.05, 3.63) is 40.6 Å². The van der Waals surface area contributed by atoms with E-state index >= 15 is 0 Å². The van der Waals surface area contributed by atoms with Crippen LogP contribution in [0.25, 0.3) is 5.69 Å². The van der Waals surface area contributed by atoms with Gasteiger partial charge in [-0.05, 0) is 6.92 Å². The molecule has 0 bridgehead atoms. The summed E-state index contributed by atoms with van der Waals surface area (Å²) in [5.41, 5.74) is 0.767. The van der Waals surface area contributed by atoms with Crippen molar-refractivity contribution < 1.29 is 9.84 Å². The van der Waals surface area contributed by atoms with E-state index in [4.69, 9.17) is 9.84 Å². The Bertz CT molecular complexity index is 690. The summed E-state index contributed by atoms with van der Waals surface area (Å²) >= 11 is 0. The highest BCUT2D eigenvalue weighted by molar-refractivity contribution is 6.77. The standard InChI is InChI=1S/C14H22N4O3Si/c1-11(22(2,3)4)21-10-17-8-12(7-15-17)18-6-5-14(20)13(9-19)16-18/h5-8,11,19H,9-10H2,1-4H3. The third-order valence-electron chi connectivity index (χ3n) is 3.59. The summed E-state index contributed by atoms with van der Waals surface area (Å²) in [4.78, 5) is 11.4. The molecular formula is C14H22N4O3Si. The maximum atomic E-state index is 11.4. The van der Waals surface area contributed by atoms with Gasteiger partial charge in [-0.2, -0.15) is 10.2 Å². The van der Waals surface area contributed by atoms with E-state index in [1.807, 2.05) is 0 Å². The summed E-state index contributed by atoms with van der Waals surface area (Å²) in [6.45, 7) is 8.85. The Kier molecular flexibility index (Phi) is 4.94. The molecule has 0 saturated carbocycles. The van der Waals surface area contributed by atoms with Gasteiger partial charge in [0.15, 0.2) is 0 Å². The van der Waals surface area contributed by atoms with Crippen LogP contribution >= 0.6 is 0 Å². The van der Waals surface area contributed by atoms with Crippen molar-refractivity contribution in [3.8, 4) is 5.69 Å². The Balaban J connectivity index is 2.10. The first kappa shape index (κ1) is 16.6. The molecule has 0 fully saturated rings. The molecule has 2 aromatic heterocycles. The van der Waals surface area contributed by atoms with Crippen LogP contribution < -0.4 is 5.43 Å². The van der Waals surface area contributed by atoms with Gasteiger partial charge in [-0.25, -0.2) is 9.36 Å². The molecule has 0 aliphatic rings. The minimum absolute atomic E-state index is 0.110. The van der Waals surface area contributed by atoms with E-state index in [1.54, 1.807) is 23.3 Å². The highest BCUT2D eigenvalue weighted by Gasteiger charge is 2.23. The van der Waals surface area contributed by atoms with Crippen LogP contribution in [0, 0.1) is 0 Å². The maximum Gasteiger partial charge on any atom is 0.205 e. The zero-order chi connectivity index (χ0) is 16.3. The van der Waals surface area contributed by atoms with Crippen molar-refractivity contribution in [1.82, 2.24) is 19.6 Å². The molecule has 1 N–H and O–H groups in total. The van der Waals surface area contributed by atoms with Gasteiger partial charge in [0.1, 0.15) is 18.1 Å². The minimum atomic E-state index is -1.33. The molecule has 1 atom stereocenters. The van der Waals surface area contributed by atoms with E-state index in [0.29, 0.717) is 12.4 Å². The van der Waals surface area contributed by atoms with E-state index in [1.165, 1.54) is 10.7 Å². The smallest absolute Gasteiger partial charge is 0.205 e. The molecule has 22 heavy (non-hydrogen) atoms. The maximum absolute atomic E-state index is 11.4. The fraction of sp³-hybridized carbons (Fsp3) is 0.500. The fourth-order valence-electron chi connectivity index (χ4n) is 1.68. The first-order valence-electron chi connectivity index (χ1n) is 7.15. The molecule has 0 amide bonds. The van der Waals surface area contributed by atoms with E-state index in [2.05, 4.69) is 36.8 Å². The Labute approximate surface area is 130 Å². The van der Waals surface area contributed by atoms with E-state index in [-0.39, 0.29) is 23.5 Å². The lowest BCUT2D eigenvalue weighted by Crippen LogP contribution is -2.38. The van der Waals surface area contributed by atoms with Gasteiger partial charge in [0.25, 0.3) is 0 Å². The summed E-state index contributed by atoms with van der Waals surface area (Å²) in [5, 5.41) is 17.4. The van der Waals surface area contributed by atoms with Crippen LogP contribution in [0.2, 0.25) is 19.6 Å². The molecule has 0 aliphatic heterocycles. The second kappa shape index (κ2) is 6.55. The van der Waals surface area contributed by atoms with Gasteiger partial charge in [-0.3, -0.25) is 4.79 Å². The first-order valence-corrected chi connectivity index (χ1v) is 10.7. The molecule has 120 valence electrons. The number of hydrogen-bond acceptors (Lipinski definition) is 5. The predicted molar refractivity (Wildman–Crippen MR) is 85.4 cm³/mol. The van der Waals surface area contributed by atoms with Gasteiger partial charge in [0.05, 0.1) is 27.1 Å². The lowest BCUT2D eigenvalue weighted by molar-refractivity contribution is 0.0491. The van der Waals surface area contributed by atoms with Crippen molar-refractivity contribution in [1.29, 1.82) is 0 Å². The van der Waals surface area contributed by atoms with Gasteiger partial charge in [0, 0.05) is 18.0 Å². The molecule has 0 radical (unpaired) electrons. The van der Waals surface area contributed by atoms with Crippen LogP contribution in [0.4, 0.5) is 0 Å². The molecule has 0 spiro atoms. The van der Waals surface area contributed by atoms with E-state index in [9.17, 15) is 4.79 Å². The summed E-state index contributed by atoms with van der Waals surface area (Å²) in [7, 11) is -1.33. The summed E-state index contributed by atoms with van der Waals surface area (Å²) in [5.74, 6) is 0. The van der Waals surface area contributed by atoms with Gasteiger partial charge in [-0.15, -0.1) is 0 Å². The minimum Gasteiger partial charge on any atom is -0.390 e. The monoisotopic (exact) mass is 322 g/mol. The normalized spacial score (nSPS) is 13.3. The van der Waals surface area contributed by atoms with Crippen molar-refractivity contribution in [3.63, 3.8) is 0 Å². The first-order chi connectivity index (χ1) is 10.3. The van der Waals surface area contributed by atoms with Gasteiger partial charge in [-0.1, -0.05) is 19.6 Å². The van der Waals surface area contributed by atoms with Crippen molar-refractivity contribution in [2.24, 2.45) is 0 Å². The molecule has 8 heteroatoms. The summed E-state index contributed by atoms with van der Waals surface area (Å²) in [6.07, 6.45) is 4.98. The molecule has 0 aromatic carbocycles. The van der Waals surface area contributed by atoms with Crippen molar-refractivity contribution in [2.75, 3.05) is 0 Å². The number of nitrogens with zero attached hydrogens (tertiary/aromatic N) is 4. The Morgan fingerprint density at radius 1 is 1.41 bits per heavy atom. The SMILES string of the molecule is CC(OCn1cc(-n2ccc(=O)c(CO)n2)cn1)[Si](C)(C)C. The fourth-order valence-corrected chi connectivity index (χ4v) is 2.25. The van der Waals surface area contributed by atoms with Gasteiger partial charge in [0.2, 0.25) is 5.43 Å². The average molecular weight is 322 g/mol. The summed E-state index contributed by atoms with van der Waals surface area (Å²) < 4.78 is 9.05. The average Bonchev–Trinajstić information content (AvgIpc) is 2.93. The molecule has 2 heterocycles. The van der Waals surface area contributed by atoms with Crippen molar-refractivity contribution >= 4 is 8.07 Å². The van der Waals surface area contributed by atoms with Crippen LogP contribution in [0.3, 0.4) is 0 Å². The van der Waals surface area contributed by atoms with Gasteiger partial charge >= 0.3 is 0 Å². The highest BCUT2D eigenvalue weighted by atomic mass is 28.3. The molecule has 7 nitrogen and oxygen atoms in total. The number of aliphatic hydroxyl groups excluding tert-OH is 1. The molecule has 2 aromatic rings. The molecule has 0 saturated heterocycles. The Morgan fingerprint density at radius 2 is 2.14 bits per heavy atom. The van der Waals surface area contributed by atoms with Crippen LogP contribution in [0.1, 0.15) is 12.6 Å². The second-order valence-electron chi connectivity index (χ2n) is 6.27. The topological polar surface area (TPSA) is 82.2 Å². The van der Waals surface area contributed by atoms with E-state index < -0.39 is 8.07 Å². The lowest BCUT2D eigenvalue weighted by Gasteiger charge is -2.25. The zero-order valence-corrected chi connectivity index (χ0v) is 14.4. The van der Waals surface area contributed by atoms with Crippen LogP contribution in [-0.4, -0.2) is 38.5 Å².